The van der Waals surface area contributed by atoms with Crippen molar-refractivity contribution in [1.82, 2.24) is 14.8 Å². The fraction of sp³-hybridized carbons (Fsp3) is 0.318. The molecule has 0 aliphatic carbocycles. The fourth-order valence-electron chi connectivity index (χ4n) is 3.55. The Labute approximate surface area is 184 Å². The van der Waals surface area contributed by atoms with Crippen LogP contribution in [0.2, 0.25) is 5.02 Å². The van der Waals surface area contributed by atoms with Gasteiger partial charge in [-0.3, -0.25) is 4.90 Å². The molecular formula is C22H23ClFN5O2. The monoisotopic (exact) mass is 443 g/mol. The number of urea groups is 1. The summed E-state index contributed by atoms with van der Waals surface area (Å²) >= 11 is 5.98. The van der Waals surface area contributed by atoms with Crippen LogP contribution in [-0.2, 0) is 19.5 Å². The number of halogens is 2. The van der Waals surface area contributed by atoms with Crippen molar-refractivity contribution < 1.29 is 13.9 Å². The molecule has 0 atom stereocenters. The molecule has 0 spiro atoms. The number of hydrogen-bond acceptors (Lipinski definition) is 4. The largest absolute Gasteiger partial charge is 0.497 e. The molecular weight excluding hydrogens is 421 g/mol. The topological polar surface area (TPSA) is 72.3 Å². The average molecular weight is 444 g/mol. The maximum atomic E-state index is 13.7. The molecule has 0 bridgehead atoms. The number of aryl methyl sites for hydroxylation is 2. The number of aromatic nitrogens is 3. The van der Waals surface area contributed by atoms with Crippen LogP contribution in [0.5, 0.6) is 5.75 Å². The fourth-order valence-corrected chi connectivity index (χ4v) is 3.72. The zero-order valence-electron chi connectivity index (χ0n) is 17.1. The van der Waals surface area contributed by atoms with Crippen molar-refractivity contribution in [3.05, 3.63) is 65.0 Å². The summed E-state index contributed by atoms with van der Waals surface area (Å²) in [7, 11) is 1.56. The molecule has 1 N–H and O–H groups in total. The first kappa shape index (κ1) is 21.1. The van der Waals surface area contributed by atoms with E-state index >= 15 is 0 Å². The van der Waals surface area contributed by atoms with Gasteiger partial charge in [0.2, 0.25) is 0 Å². The molecule has 0 unspecified atom stereocenters. The van der Waals surface area contributed by atoms with Crippen LogP contribution in [0.3, 0.4) is 0 Å². The molecule has 162 valence electrons. The van der Waals surface area contributed by atoms with Crippen LogP contribution < -0.4 is 15.0 Å². The Morgan fingerprint density at radius 1 is 1.26 bits per heavy atom. The van der Waals surface area contributed by atoms with Gasteiger partial charge in [0.05, 0.1) is 18.7 Å². The van der Waals surface area contributed by atoms with Crippen LogP contribution in [0, 0.1) is 5.82 Å². The van der Waals surface area contributed by atoms with Gasteiger partial charge in [0.15, 0.2) is 5.82 Å². The summed E-state index contributed by atoms with van der Waals surface area (Å²) in [4.78, 5) is 19.3. The van der Waals surface area contributed by atoms with Crippen LogP contribution in [0.1, 0.15) is 30.9 Å². The molecule has 31 heavy (non-hydrogen) atoms. The lowest BCUT2D eigenvalue weighted by Gasteiger charge is -2.22. The molecule has 9 heteroatoms. The van der Waals surface area contributed by atoms with E-state index in [1.54, 1.807) is 31.4 Å². The van der Waals surface area contributed by atoms with Gasteiger partial charge in [-0.25, -0.2) is 18.9 Å². The first-order chi connectivity index (χ1) is 15.0. The highest BCUT2D eigenvalue weighted by molar-refractivity contribution is 6.31. The summed E-state index contributed by atoms with van der Waals surface area (Å²) in [5.41, 5.74) is 1.01. The van der Waals surface area contributed by atoms with Gasteiger partial charge in [-0.1, -0.05) is 24.1 Å². The van der Waals surface area contributed by atoms with Gasteiger partial charge in [-0.2, -0.15) is 5.10 Å². The lowest BCUT2D eigenvalue weighted by Crippen LogP contribution is -2.35. The molecule has 0 saturated carbocycles. The Balaban J connectivity index is 1.62. The third-order valence-corrected chi connectivity index (χ3v) is 5.43. The second-order valence-electron chi connectivity index (χ2n) is 7.32. The quantitative estimate of drug-likeness (QED) is 0.599. The van der Waals surface area contributed by atoms with E-state index in [2.05, 4.69) is 15.4 Å². The molecule has 0 radical (unpaired) electrons. The highest BCUT2D eigenvalue weighted by atomic mass is 35.5. The summed E-state index contributed by atoms with van der Waals surface area (Å²) < 4.78 is 20.9. The molecule has 1 aromatic heterocycles. The summed E-state index contributed by atoms with van der Waals surface area (Å²) in [6, 6.07) is 10.8. The predicted octanol–water partition coefficient (Wildman–Crippen LogP) is 5.04. The Bertz CT molecular complexity index is 1060. The van der Waals surface area contributed by atoms with Crippen LogP contribution in [-0.4, -0.2) is 27.9 Å². The lowest BCUT2D eigenvalue weighted by atomic mass is 10.2. The molecule has 2 heterocycles. The van der Waals surface area contributed by atoms with Crippen LogP contribution in [0.15, 0.2) is 42.5 Å². The van der Waals surface area contributed by atoms with E-state index in [4.69, 9.17) is 16.3 Å². The normalized spacial score (nSPS) is 13.3. The average Bonchev–Trinajstić information content (AvgIpc) is 3.02. The third-order valence-electron chi connectivity index (χ3n) is 5.14. The van der Waals surface area contributed by atoms with Gasteiger partial charge in [0.1, 0.15) is 17.4 Å². The molecule has 4 rings (SSSR count). The Kier molecular flexibility index (Phi) is 6.36. The first-order valence-corrected chi connectivity index (χ1v) is 10.5. The number of rotatable bonds is 5. The number of carbonyl (C=O) groups excluding carboxylic acids is 1. The summed E-state index contributed by atoms with van der Waals surface area (Å²) in [6.07, 6.45) is 4.16. The van der Waals surface area contributed by atoms with Gasteiger partial charge >= 0.3 is 6.03 Å². The maximum Gasteiger partial charge on any atom is 0.326 e. The molecule has 0 saturated heterocycles. The standard InChI is InChI=1S/C22H23ClFN5O2/c1-31-17-7-5-6-15(12-17)25-22(30)28(16-9-10-19(24)18(23)13-16)14-20-26-21-8-3-2-4-11-29(21)27-20/h5-7,9-10,12-13H,2-4,8,11,14H2,1H3,(H,25,30). The number of nitrogens with zero attached hydrogens (tertiary/aromatic N) is 4. The zero-order chi connectivity index (χ0) is 21.8. The van der Waals surface area contributed by atoms with Gasteiger partial charge in [-0.15, -0.1) is 0 Å². The van der Waals surface area contributed by atoms with E-state index in [9.17, 15) is 9.18 Å². The number of methoxy groups -OCH3 is 1. The van der Waals surface area contributed by atoms with Crippen LogP contribution in [0.4, 0.5) is 20.6 Å². The predicted molar refractivity (Wildman–Crippen MR) is 117 cm³/mol. The van der Waals surface area contributed by atoms with Gasteiger partial charge in [0, 0.05) is 30.4 Å². The summed E-state index contributed by atoms with van der Waals surface area (Å²) in [5.74, 6) is 1.52. The number of benzene rings is 2. The molecule has 1 aliphatic rings. The van der Waals surface area contributed by atoms with Crippen molar-refractivity contribution in [3.8, 4) is 5.75 Å². The molecule has 3 aromatic rings. The smallest absolute Gasteiger partial charge is 0.326 e. The van der Waals surface area contributed by atoms with Crippen LogP contribution in [0.25, 0.3) is 0 Å². The van der Waals surface area contributed by atoms with E-state index in [0.29, 0.717) is 22.9 Å². The number of anilines is 2. The van der Waals surface area contributed by atoms with Crippen molar-refractivity contribution in [2.75, 3.05) is 17.3 Å². The van der Waals surface area contributed by atoms with Crippen molar-refractivity contribution >= 4 is 29.0 Å². The van der Waals surface area contributed by atoms with Crippen molar-refractivity contribution in [3.63, 3.8) is 0 Å². The molecule has 1 aliphatic heterocycles. The van der Waals surface area contributed by atoms with E-state index in [1.807, 2.05) is 4.68 Å². The number of nitrogens with one attached hydrogen (secondary N) is 1. The molecule has 2 amide bonds. The van der Waals surface area contributed by atoms with E-state index in [-0.39, 0.29) is 11.6 Å². The van der Waals surface area contributed by atoms with Crippen LogP contribution >= 0.6 is 11.6 Å². The third kappa shape index (κ3) is 4.96. The maximum absolute atomic E-state index is 13.7. The van der Waals surface area contributed by atoms with E-state index < -0.39 is 11.8 Å². The highest BCUT2D eigenvalue weighted by Crippen LogP contribution is 2.26. The summed E-state index contributed by atoms with van der Waals surface area (Å²) in [5, 5.41) is 7.37. The van der Waals surface area contributed by atoms with Crippen molar-refractivity contribution in [1.29, 1.82) is 0 Å². The van der Waals surface area contributed by atoms with E-state index in [0.717, 1.165) is 38.1 Å². The van der Waals surface area contributed by atoms with Gasteiger partial charge in [0.25, 0.3) is 0 Å². The number of hydrogen-bond donors (Lipinski definition) is 1. The Hall–Kier alpha value is -3.13. The number of ether oxygens (including phenoxy) is 1. The second kappa shape index (κ2) is 9.34. The first-order valence-electron chi connectivity index (χ1n) is 10.1. The Morgan fingerprint density at radius 3 is 2.94 bits per heavy atom. The lowest BCUT2D eigenvalue weighted by molar-refractivity contribution is 0.256. The molecule has 7 nitrogen and oxygen atoms in total. The van der Waals surface area contributed by atoms with Gasteiger partial charge in [-0.05, 0) is 43.2 Å². The Morgan fingerprint density at radius 2 is 2.13 bits per heavy atom. The second-order valence-corrected chi connectivity index (χ2v) is 7.73. The zero-order valence-corrected chi connectivity index (χ0v) is 17.9. The minimum Gasteiger partial charge on any atom is -0.497 e. The molecule has 2 aromatic carbocycles. The number of fused-ring (bicyclic) bond motifs is 1. The van der Waals surface area contributed by atoms with Crippen molar-refractivity contribution in [2.45, 2.75) is 38.8 Å². The van der Waals surface area contributed by atoms with Gasteiger partial charge < -0.3 is 10.1 Å². The highest BCUT2D eigenvalue weighted by Gasteiger charge is 2.22. The molecule has 0 fully saturated rings. The SMILES string of the molecule is COc1cccc(NC(=O)N(Cc2nc3n(n2)CCCCC3)c2ccc(F)c(Cl)c2)c1. The minimum atomic E-state index is -0.551. The summed E-state index contributed by atoms with van der Waals surface area (Å²) in [6.45, 7) is 0.943. The number of amides is 2. The minimum absolute atomic E-state index is 0.0646. The number of carbonyl (C=O) groups is 1. The van der Waals surface area contributed by atoms with Crippen molar-refractivity contribution in [2.24, 2.45) is 0 Å². The van der Waals surface area contributed by atoms with E-state index in [1.165, 1.54) is 23.1 Å².